The molecule has 7 nitrogen and oxygen atoms in total. The molecule has 30 heavy (non-hydrogen) atoms. The Hall–Kier alpha value is -1.94. The molecule has 10 heteroatoms. The number of carbonyl (C=O) groups excluding carboxylic acids is 1. The Morgan fingerprint density at radius 2 is 1.63 bits per heavy atom. The molecule has 168 valence electrons. The van der Waals surface area contributed by atoms with Gasteiger partial charge < -0.3 is 14.4 Å². The van der Waals surface area contributed by atoms with Crippen molar-refractivity contribution in [3.8, 4) is 5.75 Å². The van der Waals surface area contributed by atoms with Gasteiger partial charge in [0, 0.05) is 13.1 Å². The summed E-state index contributed by atoms with van der Waals surface area (Å²) in [4.78, 5) is 13.3. The summed E-state index contributed by atoms with van der Waals surface area (Å²) in [5, 5.41) is 0. The molecule has 2 fully saturated rings. The van der Waals surface area contributed by atoms with Gasteiger partial charge in [0.1, 0.15) is 11.7 Å². The fourth-order valence-corrected chi connectivity index (χ4v) is 4.48. The smallest absolute Gasteiger partial charge is 0.410 e. The van der Waals surface area contributed by atoms with Crippen LogP contribution in [0.25, 0.3) is 0 Å². The van der Waals surface area contributed by atoms with Gasteiger partial charge >= 0.3 is 6.09 Å². The zero-order valence-electron chi connectivity index (χ0n) is 17.7. The zero-order chi connectivity index (χ0) is 22.3. The van der Waals surface area contributed by atoms with Crippen LogP contribution >= 0.6 is 0 Å². The molecular formula is C20H28F2N2O5S. The quantitative estimate of drug-likeness (QED) is 0.711. The third-order valence-corrected chi connectivity index (χ3v) is 6.50. The van der Waals surface area contributed by atoms with Crippen molar-refractivity contribution in [3.63, 3.8) is 0 Å². The minimum atomic E-state index is -3.26. The van der Waals surface area contributed by atoms with Crippen molar-refractivity contribution in [3.05, 3.63) is 29.3 Å². The highest BCUT2D eigenvalue weighted by atomic mass is 32.2. The molecule has 2 saturated heterocycles. The number of amides is 1. The second-order valence-corrected chi connectivity index (χ2v) is 10.9. The Balaban J connectivity index is 1.58. The topological polar surface area (TPSA) is 76.2 Å². The lowest BCUT2D eigenvalue weighted by Gasteiger charge is -2.39. The van der Waals surface area contributed by atoms with Gasteiger partial charge in [0.25, 0.3) is 0 Å². The first kappa shape index (κ1) is 22.7. The van der Waals surface area contributed by atoms with E-state index < -0.39 is 45.2 Å². The summed E-state index contributed by atoms with van der Waals surface area (Å²) < 4.78 is 64.4. The SMILES string of the molecule is CC(C)(C)OC(=O)N1CC(Oc2c(F)cc(C3CCN(S(C)(=O)=O)CC3)cc2F)C1. The van der Waals surface area contributed by atoms with Gasteiger partial charge in [-0.3, -0.25) is 0 Å². The number of likely N-dealkylation sites (tertiary alicyclic amines) is 1. The molecule has 0 spiro atoms. The average molecular weight is 447 g/mol. The van der Waals surface area contributed by atoms with E-state index in [2.05, 4.69) is 0 Å². The van der Waals surface area contributed by atoms with Crippen molar-refractivity contribution in [2.24, 2.45) is 0 Å². The van der Waals surface area contributed by atoms with Crippen LogP contribution in [0.1, 0.15) is 45.1 Å². The van der Waals surface area contributed by atoms with Crippen molar-refractivity contribution < 1.29 is 31.5 Å². The standard InChI is InChI=1S/C20H28F2N2O5S/c1-20(2,3)29-19(25)23-11-15(12-23)28-18-16(21)9-14(10-17(18)22)13-5-7-24(8-6-13)30(4,26)27/h9-10,13,15H,5-8,11-12H2,1-4H3. The van der Waals surface area contributed by atoms with E-state index in [1.54, 1.807) is 20.8 Å². The summed E-state index contributed by atoms with van der Waals surface area (Å²) in [5.74, 6) is -2.17. The largest absolute Gasteiger partial charge is 0.481 e. The zero-order valence-corrected chi connectivity index (χ0v) is 18.5. The third-order valence-electron chi connectivity index (χ3n) is 5.20. The Morgan fingerprint density at radius 1 is 1.10 bits per heavy atom. The fraction of sp³-hybridized carbons (Fsp3) is 0.650. The number of rotatable bonds is 4. The van der Waals surface area contributed by atoms with Crippen LogP contribution in [0.4, 0.5) is 13.6 Å². The molecule has 2 heterocycles. The number of hydrogen-bond acceptors (Lipinski definition) is 5. The summed E-state index contributed by atoms with van der Waals surface area (Å²) in [6, 6.07) is 2.51. The molecule has 2 aliphatic heterocycles. The molecule has 2 aliphatic rings. The average Bonchev–Trinajstić information content (AvgIpc) is 2.57. The van der Waals surface area contributed by atoms with E-state index in [9.17, 15) is 22.0 Å². The van der Waals surface area contributed by atoms with Crippen molar-refractivity contribution in [1.29, 1.82) is 0 Å². The molecule has 0 bridgehead atoms. The van der Waals surface area contributed by atoms with Crippen molar-refractivity contribution >= 4 is 16.1 Å². The monoisotopic (exact) mass is 446 g/mol. The van der Waals surface area contributed by atoms with Crippen molar-refractivity contribution in [2.45, 2.75) is 51.2 Å². The predicted octanol–water partition coefficient (Wildman–Crippen LogP) is 3.10. The van der Waals surface area contributed by atoms with Crippen LogP contribution in [0, 0.1) is 11.6 Å². The van der Waals surface area contributed by atoms with Gasteiger partial charge in [0.05, 0.1) is 19.3 Å². The number of nitrogens with zero attached hydrogens (tertiary/aromatic N) is 2. The number of ether oxygens (including phenoxy) is 2. The van der Waals surface area contributed by atoms with Gasteiger partial charge in [-0.15, -0.1) is 0 Å². The first-order valence-corrected chi connectivity index (χ1v) is 11.8. The Labute approximate surface area is 176 Å². The van der Waals surface area contributed by atoms with Gasteiger partial charge in [0.2, 0.25) is 10.0 Å². The molecule has 1 aromatic carbocycles. The lowest BCUT2D eigenvalue weighted by molar-refractivity contribution is -0.0238. The maximum absolute atomic E-state index is 14.6. The number of hydrogen-bond donors (Lipinski definition) is 0. The molecule has 0 atom stereocenters. The van der Waals surface area contributed by atoms with Crippen LogP contribution < -0.4 is 4.74 Å². The number of carbonyl (C=O) groups is 1. The molecule has 0 N–H and O–H groups in total. The van der Waals surface area contributed by atoms with Crippen LogP contribution in [0.3, 0.4) is 0 Å². The van der Waals surface area contributed by atoms with Crippen LogP contribution in [-0.2, 0) is 14.8 Å². The number of benzene rings is 1. The predicted molar refractivity (Wildman–Crippen MR) is 107 cm³/mol. The lowest BCUT2D eigenvalue weighted by Crippen LogP contribution is -2.57. The molecule has 0 saturated carbocycles. The van der Waals surface area contributed by atoms with Crippen molar-refractivity contribution in [1.82, 2.24) is 9.21 Å². The highest BCUT2D eigenvalue weighted by molar-refractivity contribution is 7.88. The van der Waals surface area contributed by atoms with Crippen LogP contribution in [0.2, 0.25) is 0 Å². The Bertz CT molecular complexity index is 879. The summed E-state index contributed by atoms with van der Waals surface area (Å²) in [6.07, 6.45) is 1.16. The van der Waals surface area contributed by atoms with Crippen LogP contribution in [0.15, 0.2) is 12.1 Å². The number of halogens is 2. The van der Waals surface area contributed by atoms with Gasteiger partial charge in [-0.05, 0) is 57.2 Å². The second-order valence-electron chi connectivity index (χ2n) is 8.88. The normalized spacial score (nSPS) is 19.5. The summed E-state index contributed by atoms with van der Waals surface area (Å²) >= 11 is 0. The molecule has 3 rings (SSSR count). The molecule has 1 amide bonds. The van der Waals surface area contributed by atoms with Gasteiger partial charge in [-0.25, -0.2) is 26.3 Å². The maximum atomic E-state index is 14.6. The molecule has 0 aromatic heterocycles. The highest BCUT2D eigenvalue weighted by Gasteiger charge is 2.36. The van der Waals surface area contributed by atoms with E-state index >= 15 is 0 Å². The maximum Gasteiger partial charge on any atom is 0.410 e. The molecular weight excluding hydrogens is 418 g/mol. The van der Waals surface area contributed by atoms with E-state index in [4.69, 9.17) is 9.47 Å². The molecule has 1 aromatic rings. The fourth-order valence-electron chi connectivity index (χ4n) is 3.60. The summed E-state index contributed by atoms with van der Waals surface area (Å²) in [7, 11) is -3.26. The van der Waals surface area contributed by atoms with E-state index in [0.717, 1.165) is 6.26 Å². The van der Waals surface area contributed by atoms with Crippen LogP contribution in [-0.4, -0.2) is 67.9 Å². The first-order chi connectivity index (χ1) is 13.8. The van der Waals surface area contributed by atoms with Gasteiger partial charge in [0.15, 0.2) is 17.4 Å². The lowest BCUT2D eigenvalue weighted by atomic mass is 9.90. The second kappa shape index (κ2) is 8.30. The van der Waals surface area contributed by atoms with Crippen LogP contribution in [0.5, 0.6) is 5.75 Å². The van der Waals surface area contributed by atoms with E-state index in [1.165, 1.54) is 21.3 Å². The minimum absolute atomic E-state index is 0.118. The minimum Gasteiger partial charge on any atom is -0.481 e. The number of piperidine rings is 1. The van der Waals surface area contributed by atoms with Gasteiger partial charge in [-0.1, -0.05) is 0 Å². The Morgan fingerprint density at radius 3 is 2.10 bits per heavy atom. The molecule has 0 unspecified atom stereocenters. The molecule has 0 aliphatic carbocycles. The van der Waals surface area contributed by atoms with Gasteiger partial charge in [-0.2, -0.15) is 0 Å². The highest BCUT2D eigenvalue weighted by Crippen LogP contribution is 2.34. The van der Waals surface area contributed by atoms with Crippen molar-refractivity contribution in [2.75, 3.05) is 32.4 Å². The van der Waals surface area contributed by atoms with E-state index in [0.29, 0.717) is 31.5 Å². The first-order valence-electron chi connectivity index (χ1n) is 9.92. The molecule has 0 radical (unpaired) electrons. The number of sulfonamides is 1. The summed E-state index contributed by atoms with van der Waals surface area (Å²) in [5.41, 5.74) is -0.122. The third kappa shape index (κ3) is 5.40. The van der Waals surface area contributed by atoms with E-state index in [1.807, 2.05) is 0 Å². The Kier molecular flexibility index (Phi) is 6.29. The summed E-state index contributed by atoms with van der Waals surface area (Å²) in [6.45, 7) is 6.32. The van der Waals surface area contributed by atoms with E-state index in [-0.39, 0.29) is 19.0 Å².